The topological polar surface area (TPSA) is 50.2 Å². The number of nitrogens with zero attached hydrogens (tertiary/aromatic N) is 1. The summed E-state index contributed by atoms with van der Waals surface area (Å²) in [6.07, 6.45) is 6.67. The van der Waals surface area contributed by atoms with E-state index in [9.17, 15) is 4.79 Å². The normalized spacial score (nSPS) is 27.2. The molecule has 1 aliphatic rings. The highest BCUT2D eigenvalue weighted by atomic mass is 32.1. The zero-order valence-electron chi connectivity index (χ0n) is 8.56. The summed E-state index contributed by atoms with van der Waals surface area (Å²) in [5.41, 5.74) is 0. The molecule has 3 nitrogen and oxygen atoms in total. The average Bonchev–Trinajstić information content (AvgIpc) is 2.62. The van der Waals surface area contributed by atoms with E-state index in [1.54, 1.807) is 17.5 Å². The number of hydrogen-bond acceptors (Lipinski definition) is 3. The highest BCUT2D eigenvalue weighted by molar-refractivity contribution is 7.09. The zero-order valence-corrected chi connectivity index (χ0v) is 9.37. The zero-order chi connectivity index (χ0) is 10.7. The first-order valence-corrected chi connectivity index (χ1v) is 6.27. The molecule has 0 radical (unpaired) electrons. The maximum Gasteiger partial charge on any atom is 0.306 e. The van der Waals surface area contributed by atoms with Crippen LogP contribution in [0, 0.1) is 5.92 Å². The van der Waals surface area contributed by atoms with Crippen molar-refractivity contribution < 1.29 is 9.90 Å². The van der Waals surface area contributed by atoms with Crippen molar-refractivity contribution in [2.24, 2.45) is 5.92 Å². The van der Waals surface area contributed by atoms with Gasteiger partial charge < -0.3 is 5.11 Å². The molecule has 0 saturated heterocycles. The third-order valence-corrected chi connectivity index (χ3v) is 4.01. The molecule has 0 aliphatic heterocycles. The van der Waals surface area contributed by atoms with Crippen molar-refractivity contribution in [1.29, 1.82) is 0 Å². The first kappa shape index (κ1) is 10.6. The fourth-order valence-corrected chi connectivity index (χ4v) is 3.03. The molecular weight excluding hydrogens is 210 g/mol. The van der Waals surface area contributed by atoms with E-state index in [2.05, 4.69) is 4.98 Å². The van der Waals surface area contributed by atoms with Crippen LogP contribution in [0.1, 0.15) is 43.0 Å². The fraction of sp³-hybridized carbons (Fsp3) is 0.636. The molecule has 1 N–H and O–H groups in total. The van der Waals surface area contributed by atoms with E-state index in [1.165, 1.54) is 0 Å². The quantitative estimate of drug-likeness (QED) is 0.787. The third-order valence-electron chi connectivity index (χ3n) is 3.07. The van der Waals surface area contributed by atoms with E-state index in [-0.39, 0.29) is 5.92 Å². The Hall–Kier alpha value is -0.900. The molecule has 0 spiro atoms. The van der Waals surface area contributed by atoms with Crippen molar-refractivity contribution in [3.05, 3.63) is 16.6 Å². The number of thiazole rings is 1. The second-order valence-electron chi connectivity index (χ2n) is 4.12. The highest BCUT2D eigenvalue weighted by Crippen LogP contribution is 2.35. The van der Waals surface area contributed by atoms with Crippen LogP contribution in [0.25, 0.3) is 0 Å². The van der Waals surface area contributed by atoms with E-state index >= 15 is 0 Å². The Morgan fingerprint density at radius 2 is 2.27 bits per heavy atom. The number of carbonyl (C=O) groups is 1. The van der Waals surface area contributed by atoms with E-state index in [0.717, 1.165) is 37.1 Å². The summed E-state index contributed by atoms with van der Waals surface area (Å²) in [6, 6.07) is 0. The highest BCUT2D eigenvalue weighted by Gasteiger charge is 2.27. The van der Waals surface area contributed by atoms with Crippen LogP contribution in [0.2, 0.25) is 0 Å². The molecule has 0 amide bonds. The molecule has 1 aromatic heterocycles. The second kappa shape index (κ2) is 4.75. The van der Waals surface area contributed by atoms with Crippen molar-refractivity contribution in [2.45, 2.75) is 38.0 Å². The predicted molar refractivity (Wildman–Crippen MR) is 59.1 cm³/mol. The van der Waals surface area contributed by atoms with Gasteiger partial charge in [-0.3, -0.25) is 4.79 Å². The van der Waals surface area contributed by atoms with Crippen LogP contribution in [0.3, 0.4) is 0 Å². The molecule has 2 unspecified atom stereocenters. The van der Waals surface area contributed by atoms with Crippen LogP contribution in [0.15, 0.2) is 11.6 Å². The summed E-state index contributed by atoms with van der Waals surface area (Å²) in [4.78, 5) is 15.3. The Bertz CT molecular complexity index is 323. The lowest BCUT2D eigenvalue weighted by Crippen LogP contribution is -2.15. The van der Waals surface area contributed by atoms with Crippen molar-refractivity contribution in [1.82, 2.24) is 4.98 Å². The molecule has 1 aromatic rings. The molecule has 1 aliphatic carbocycles. The molecule has 4 heteroatoms. The lowest BCUT2D eigenvalue weighted by Gasteiger charge is -2.14. The maximum absolute atomic E-state index is 11.0. The smallest absolute Gasteiger partial charge is 0.306 e. The number of hydrogen-bond donors (Lipinski definition) is 1. The number of aromatic nitrogens is 1. The van der Waals surface area contributed by atoms with Gasteiger partial charge in [-0.1, -0.05) is 12.8 Å². The van der Waals surface area contributed by atoms with Crippen molar-refractivity contribution in [3.63, 3.8) is 0 Å². The summed E-state index contributed by atoms with van der Waals surface area (Å²) >= 11 is 1.65. The molecule has 82 valence electrons. The first-order chi connectivity index (χ1) is 7.27. The molecule has 0 aromatic carbocycles. The number of carboxylic acid groups (broad SMARTS) is 1. The Morgan fingerprint density at radius 1 is 1.47 bits per heavy atom. The summed E-state index contributed by atoms with van der Waals surface area (Å²) < 4.78 is 0. The van der Waals surface area contributed by atoms with Gasteiger partial charge in [-0.15, -0.1) is 11.3 Å². The van der Waals surface area contributed by atoms with Crippen LogP contribution in [0.5, 0.6) is 0 Å². The van der Waals surface area contributed by atoms with Gasteiger partial charge in [0.2, 0.25) is 0 Å². The van der Waals surface area contributed by atoms with Gasteiger partial charge in [-0.25, -0.2) is 4.98 Å². The lowest BCUT2D eigenvalue weighted by molar-refractivity contribution is -0.142. The molecule has 15 heavy (non-hydrogen) atoms. The molecule has 2 atom stereocenters. The van der Waals surface area contributed by atoms with Gasteiger partial charge in [0, 0.05) is 17.5 Å². The van der Waals surface area contributed by atoms with Crippen LogP contribution < -0.4 is 0 Å². The first-order valence-electron chi connectivity index (χ1n) is 5.39. The summed E-state index contributed by atoms with van der Waals surface area (Å²) in [7, 11) is 0. The van der Waals surface area contributed by atoms with Gasteiger partial charge >= 0.3 is 5.97 Å². The number of aliphatic carboxylic acids is 1. The molecule has 0 bridgehead atoms. The Balaban J connectivity index is 2.08. The van der Waals surface area contributed by atoms with E-state index in [0.29, 0.717) is 5.92 Å². The van der Waals surface area contributed by atoms with Gasteiger partial charge in [0.25, 0.3) is 0 Å². The predicted octanol–water partition coefficient (Wildman–Crippen LogP) is 2.89. The maximum atomic E-state index is 11.0. The Kier molecular flexibility index (Phi) is 3.36. The SMILES string of the molecule is O=C(O)C1CCCCC(c2nccs2)C1. The third kappa shape index (κ3) is 2.56. The minimum atomic E-state index is -0.640. The van der Waals surface area contributed by atoms with E-state index in [1.807, 2.05) is 5.38 Å². The molecule has 1 heterocycles. The second-order valence-corrected chi connectivity index (χ2v) is 5.05. The van der Waals surface area contributed by atoms with Gasteiger partial charge in [-0.05, 0) is 19.3 Å². The summed E-state index contributed by atoms with van der Waals surface area (Å²) in [5, 5.41) is 12.1. The van der Waals surface area contributed by atoms with Crippen LogP contribution in [-0.4, -0.2) is 16.1 Å². The van der Waals surface area contributed by atoms with Gasteiger partial charge in [0.05, 0.1) is 10.9 Å². The van der Waals surface area contributed by atoms with Crippen molar-refractivity contribution >= 4 is 17.3 Å². The monoisotopic (exact) mass is 225 g/mol. The average molecular weight is 225 g/mol. The minimum Gasteiger partial charge on any atom is -0.481 e. The summed E-state index contributed by atoms with van der Waals surface area (Å²) in [5.74, 6) is -0.437. The van der Waals surface area contributed by atoms with E-state index < -0.39 is 5.97 Å². The lowest BCUT2D eigenvalue weighted by atomic mass is 9.94. The van der Waals surface area contributed by atoms with Gasteiger partial charge in [0.1, 0.15) is 0 Å². The Morgan fingerprint density at radius 3 is 2.93 bits per heavy atom. The van der Waals surface area contributed by atoms with Crippen molar-refractivity contribution in [3.8, 4) is 0 Å². The van der Waals surface area contributed by atoms with Gasteiger partial charge in [-0.2, -0.15) is 0 Å². The minimum absolute atomic E-state index is 0.165. The van der Waals surface area contributed by atoms with Crippen LogP contribution >= 0.6 is 11.3 Å². The Labute approximate surface area is 93.2 Å². The molecule has 2 rings (SSSR count). The van der Waals surface area contributed by atoms with Crippen LogP contribution in [0.4, 0.5) is 0 Å². The largest absolute Gasteiger partial charge is 0.481 e. The summed E-state index contributed by atoms with van der Waals surface area (Å²) in [6.45, 7) is 0. The molecular formula is C11H15NO2S. The van der Waals surface area contributed by atoms with E-state index in [4.69, 9.17) is 5.11 Å². The van der Waals surface area contributed by atoms with Gasteiger partial charge in [0.15, 0.2) is 0 Å². The number of rotatable bonds is 2. The molecule has 1 fully saturated rings. The standard InChI is InChI=1S/C11H15NO2S/c13-11(14)9-4-2-1-3-8(7-9)10-12-5-6-15-10/h5-6,8-9H,1-4,7H2,(H,13,14). The fourth-order valence-electron chi connectivity index (χ4n) is 2.25. The molecule has 1 saturated carbocycles. The number of carboxylic acids is 1. The van der Waals surface area contributed by atoms with Crippen LogP contribution in [-0.2, 0) is 4.79 Å². The van der Waals surface area contributed by atoms with Crippen molar-refractivity contribution in [2.75, 3.05) is 0 Å².